The monoisotopic (exact) mass is 366 g/mol. The first-order chi connectivity index (χ1) is 11.7. The van der Waals surface area contributed by atoms with Crippen molar-refractivity contribution >= 4 is 21.8 Å². The molecule has 6 nitrogen and oxygen atoms in total. The van der Waals surface area contributed by atoms with Gasteiger partial charge in [-0.05, 0) is 37.8 Å². The summed E-state index contributed by atoms with van der Waals surface area (Å²) in [6.45, 7) is 5.51. The summed E-state index contributed by atoms with van der Waals surface area (Å²) >= 11 is 0. The average molecular weight is 366 g/mol. The molecule has 0 aliphatic heterocycles. The fourth-order valence-corrected chi connectivity index (χ4v) is 5.45. The number of hydrogen-bond donors (Lipinski definition) is 0. The Hall–Kier alpha value is -2.15. The highest BCUT2D eigenvalue weighted by atomic mass is 32.2. The van der Waals surface area contributed by atoms with Crippen molar-refractivity contribution < 1.29 is 27.5 Å². The van der Waals surface area contributed by atoms with Crippen LogP contribution in [-0.4, -0.2) is 39.3 Å². The van der Waals surface area contributed by atoms with Gasteiger partial charge in [-0.1, -0.05) is 23.8 Å². The lowest BCUT2D eigenvalue weighted by atomic mass is 9.97. The van der Waals surface area contributed by atoms with E-state index in [1.807, 2.05) is 6.92 Å². The molecule has 2 rings (SSSR count). The maximum Gasteiger partial charge on any atom is 0.327 e. The number of hydrogen-bond acceptors (Lipinski definition) is 6. The van der Waals surface area contributed by atoms with Gasteiger partial charge in [0.25, 0.3) is 0 Å². The second-order valence-electron chi connectivity index (χ2n) is 6.24. The molecule has 0 radical (unpaired) electrons. The van der Waals surface area contributed by atoms with Crippen molar-refractivity contribution in [2.75, 3.05) is 14.2 Å². The second-order valence-corrected chi connectivity index (χ2v) is 8.50. The van der Waals surface area contributed by atoms with Gasteiger partial charge in [-0.25, -0.2) is 8.42 Å². The summed E-state index contributed by atoms with van der Waals surface area (Å²) < 4.78 is 34.4. The summed E-state index contributed by atoms with van der Waals surface area (Å²) in [5, 5.41) is 0. The van der Waals surface area contributed by atoms with Crippen molar-refractivity contribution in [1.82, 2.24) is 0 Å². The van der Waals surface area contributed by atoms with Gasteiger partial charge in [-0.15, -0.1) is 6.58 Å². The zero-order chi connectivity index (χ0) is 18.8. The van der Waals surface area contributed by atoms with Crippen molar-refractivity contribution in [1.29, 1.82) is 0 Å². The van der Waals surface area contributed by atoms with Gasteiger partial charge in [0.05, 0.1) is 25.0 Å². The van der Waals surface area contributed by atoms with E-state index in [1.165, 1.54) is 25.3 Å². The lowest BCUT2D eigenvalue weighted by molar-refractivity contribution is -0.146. The molecule has 1 saturated carbocycles. The van der Waals surface area contributed by atoms with Crippen molar-refractivity contribution in [2.24, 2.45) is 11.8 Å². The Morgan fingerprint density at radius 3 is 2.24 bits per heavy atom. The highest BCUT2D eigenvalue weighted by molar-refractivity contribution is 7.93. The minimum Gasteiger partial charge on any atom is -0.469 e. The van der Waals surface area contributed by atoms with E-state index in [0.717, 1.165) is 12.7 Å². The highest BCUT2D eigenvalue weighted by Gasteiger charge is 2.61. The predicted octanol–water partition coefficient (Wildman–Crippen LogP) is 2.07. The molecule has 0 spiro atoms. The van der Waals surface area contributed by atoms with E-state index in [1.54, 1.807) is 12.1 Å². The summed E-state index contributed by atoms with van der Waals surface area (Å²) in [7, 11) is -1.70. The van der Waals surface area contributed by atoms with E-state index in [9.17, 15) is 18.0 Å². The topological polar surface area (TPSA) is 86.7 Å². The molecule has 3 unspecified atom stereocenters. The van der Waals surface area contributed by atoms with Crippen molar-refractivity contribution in [3.63, 3.8) is 0 Å². The van der Waals surface area contributed by atoms with Crippen molar-refractivity contribution in [2.45, 2.75) is 29.4 Å². The summed E-state index contributed by atoms with van der Waals surface area (Å²) in [6.07, 6.45) is 1.23. The van der Waals surface area contributed by atoms with Crippen molar-refractivity contribution in [3.8, 4) is 0 Å². The van der Waals surface area contributed by atoms with Gasteiger partial charge in [-0.3, -0.25) is 9.59 Å². The van der Waals surface area contributed by atoms with E-state index in [0.29, 0.717) is 0 Å². The number of sulfone groups is 1. The summed E-state index contributed by atoms with van der Waals surface area (Å²) in [5.41, 5.74) is 0.897. The fourth-order valence-electron chi connectivity index (χ4n) is 3.39. The Bertz CT molecular complexity index is 780. The Kier molecular flexibility index (Phi) is 5.37. The second kappa shape index (κ2) is 7.00. The highest BCUT2D eigenvalue weighted by Crippen LogP contribution is 2.48. The first kappa shape index (κ1) is 19.2. The Morgan fingerprint density at radius 2 is 1.76 bits per heavy atom. The molecular weight excluding hydrogens is 344 g/mol. The van der Waals surface area contributed by atoms with Crippen LogP contribution >= 0.6 is 0 Å². The number of carbonyl (C=O) groups excluding carboxylic acids is 2. The number of carbonyl (C=O) groups is 2. The zero-order valence-corrected chi connectivity index (χ0v) is 15.3. The Labute approximate surface area is 147 Å². The molecule has 1 aromatic rings. The molecule has 0 bridgehead atoms. The van der Waals surface area contributed by atoms with E-state index >= 15 is 0 Å². The largest absolute Gasteiger partial charge is 0.469 e. The van der Waals surface area contributed by atoms with Gasteiger partial charge >= 0.3 is 11.9 Å². The van der Waals surface area contributed by atoms with Gasteiger partial charge in [0, 0.05) is 0 Å². The maximum atomic E-state index is 13.3. The number of benzene rings is 1. The van der Waals surface area contributed by atoms with Crippen LogP contribution < -0.4 is 0 Å². The molecule has 136 valence electrons. The van der Waals surface area contributed by atoms with Gasteiger partial charge in [0.1, 0.15) is 0 Å². The molecule has 0 N–H and O–H groups in total. The van der Waals surface area contributed by atoms with E-state index < -0.39 is 38.4 Å². The average Bonchev–Trinajstić information content (AvgIpc) is 3.02. The van der Waals surface area contributed by atoms with Gasteiger partial charge in [-0.2, -0.15) is 0 Å². The first-order valence-electron chi connectivity index (χ1n) is 7.83. The lowest BCUT2D eigenvalue weighted by Crippen LogP contribution is -2.45. The summed E-state index contributed by atoms with van der Waals surface area (Å²) in [6, 6.07) is 6.25. The molecule has 1 aromatic carbocycles. The summed E-state index contributed by atoms with van der Waals surface area (Å²) in [4.78, 5) is 24.7. The molecule has 0 amide bonds. The molecule has 7 heteroatoms. The number of aryl methyl sites for hydroxylation is 1. The quantitative estimate of drug-likeness (QED) is 0.586. The number of allylic oxidation sites excluding steroid dienone is 1. The predicted molar refractivity (Wildman–Crippen MR) is 91.5 cm³/mol. The Balaban J connectivity index is 2.60. The number of methoxy groups -OCH3 is 2. The smallest absolute Gasteiger partial charge is 0.327 e. The van der Waals surface area contributed by atoms with E-state index in [-0.39, 0.29) is 17.7 Å². The van der Waals surface area contributed by atoms with Crippen LogP contribution in [0.25, 0.3) is 0 Å². The molecule has 1 aliphatic rings. The van der Waals surface area contributed by atoms with Crippen LogP contribution in [0.1, 0.15) is 18.4 Å². The van der Waals surface area contributed by atoms with Crippen LogP contribution in [0.4, 0.5) is 0 Å². The third kappa shape index (κ3) is 3.08. The first-order valence-corrected chi connectivity index (χ1v) is 9.32. The number of esters is 2. The molecular formula is C18H22O6S. The standard InChI is InChI=1S/C18H22O6S/c1-5-13-10-18(17(20)24-4,11-15(13)16(19)23-3)25(21,22)14-8-6-12(2)7-9-14/h5-9,13,15H,1,10-11H2,2-4H3. The molecule has 0 aromatic heterocycles. The minimum atomic E-state index is -4.08. The summed E-state index contributed by atoms with van der Waals surface area (Å²) in [5.74, 6) is -2.69. The number of ether oxygens (including phenoxy) is 2. The normalized spacial score (nSPS) is 26.0. The molecule has 3 atom stereocenters. The van der Waals surface area contributed by atoms with Crippen LogP contribution in [-0.2, 0) is 28.9 Å². The van der Waals surface area contributed by atoms with Crippen LogP contribution in [0.3, 0.4) is 0 Å². The fraction of sp³-hybridized carbons (Fsp3) is 0.444. The SMILES string of the molecule is C=CC1CC(C(=O)OC)(S(=O)(=O)c2ccc(C)cc2)CC1C(=O)OC. The van der Waals surface area contributed by atoms with Gasteiger partial charge in [0.15, 0.2) is 14.6 Å². The van der Waals surface area contributed by atoms with Gasteiger partial charge in [0.2, 0.25) is 0 Å². The van der Waals surface area contributed by atoms with Crippen LogP contribution in [0, 0.1) is 18.8 Å². The lowest BCUT2D eigenvalue weighted by Gasteiger charge is -2.26. The molecule has 0 heterocycles. The van der Waals surface area contributed by atoms with Gasteiger partial charge < -0.3 is 9.47 Å². The van der Waals surface area contributed by atoms with E-state index in [2.05, 4.69) is 6.58 Å². The number of rotatable bonds is 5. The third-order valence-electron chi connectivity index (χ3n) is 4.84. The Morgan fingerprint density at radius 1 is 1.16 bits per heavy atom. The van der Waals surface area contributed by atoms with Crippen LogP contribution in [0.2, 0.25) is 0 Å². The van der Waals surface area contributed by atoms with Crippen molar-refractivity contribution in [3.05, 3.63) is 42.5 Å². The van der Waals surface area contributed by atoms with E-state index in [4.69, 9.17) is 9.47 Å². The molecule has 1 fully saturated rings. The molecule has 1 aliphatic carbocycles. The minimum absolute atomic E-state index is 0.0248. The molecule has 25 heavy (non-hydrogen) atoms. The zero-order valence-electron chi connectivity index (χ0n) is 14.5. The maximum absolute atomic E-state index is 13.3. The van der Waals surface area contributed by atoms with Crippen LogP contribution in [0.15, 0.2) is 41.8 Å². The van der Waals surface area contributed by atoms with Crippen LogP contribution in [0.5, 0.6) is 0 Å². The molecule has 0 saturated heterocycles. The third-order valence-corrected chi connectivity index (χ3v) is 7.26.